The lowest BCUT2D eigenvalue weighted by atomic mass is 10.1. The maximum absolute atomic E-state index is 11.5. The fraction of sp³-hybridized carbons (Fsp3) is 0.500. The Morgan fingerprint density at radius 3 is 3.00 bits per heavy atom. The molecule has 1 aliphatic rings. The second kappa shape index (κ2) is 5.30. The molecule has 3 rings (SSSR count). The van der Waals surface area contributed by atoms with Crippen LogP contribution < -0.4 is 11.0 Å². The molecule has 0 atom stereocenters. The van der Waals surface area contributed by atoms with Gasteiger partial charge in [0.05, 0.1) is 12.6 Å². The average molecular weight is 273 g/mol. The van der Waals surface area contributed by atoms with Crippen molar-refractivity contribution < 1.29 is 0 Å². The van der Waals surface area contributed by atoms with Crippen LogP contribution in [0.15, 0.2) is 16.9 Å². The normalized spacial score (nSPS) is 17.1. The van der Waals surface area contributed by atoms with Crippen LogP contribution in [-0.4, -0.2) is 50.4 Å². The molecule has 3 heterocycles. The monoisotopic (exact) mass is 273 g/mol. The summed E-state index contributed by atoms with van der Waals surface area (Å²) >= 11 is 0. The predicted octanol–water partition coefficient (Wildman–Crippen LogP) is -0.183. The molecule has 2 N–H and O–H groups in total. The van der Waals surface area contributed by atoms with Crippen LogP contribution in [-0.2, 0) is 0 Å². The first-order chi connectivity index (χ1) is 9.76. The summed E-state index contributed by atoms with van der Waals surface area (Å²) in [5.41, 5.74) is 0.164. The predicted molar refractivity (Wildman–Crippen MR) is 72.3 cm³/mol. The van der Waals surface area contributed by atoms with Crippen LogP contribution in [0.4, 0.5) is 5.82 Å². The summed E-state index contributed by atoms with van der Waals surface area (Å²) in [5, 5.41) is 22.4. The van der Waals surface area contributed by atoms with Gasteiger partial charge in [0.2, 0.25) is 0 Å². The number of anilines is 1. The molecular weight excluding hydrogens is 258 g/mol. The first kappa shape index (κ1) is 12.6. The van der Waals surface area contributed by atoms with Crippen LogP contribution in [0.2, 0.25) is 0 Å². The zero-order valence-corrected chi connectivity index (χ0v) is 10.9. The highest BCUT2D eigenvalue weighted by molar-refractivity contribution is 5.43. The van der Waals surface area contributed by atoms with Crippen LogP contribution in [0.5, 0.6) is 0 Å². The first-order valence-electron chi connectivity index (χ1n) is 6.56. The van der Waals surface area contributed by atoms with E-state index in [1.165, 1.54) is 4.52 Å². The summed E-state index contributed by atoms with van der Waals surface area (Å²) in [4.78, 5) is 13.6. The van der Waals surface area contributed by atoms with E-state index in [2.05, 4.69) is 31.6 Å². The maximum atomic E-state index is 11.5. The number of nitriles is 1. The van der Waals surface area contributed by atoms with Gasteiger partial charge in [0.15, 0.2) is 5.65 Å². The van der Waals surface area contributed by atoms with Gasteiger partial charge in [-0.3, -0.25) is 4.90 Å². The third-order valence-electron chi connectivity index (χ3n) is 3.51. The molecule has 0 amide bonds. The second-order valence-corrected chi connectivity index (χ2v) is 4.87. The number of likely N-dealkylation sites (tertiary alicyclic amines) is 1. The number of nitrogens with zero attached hydrogens (tertiary/aromatic N) is 5. The van der Waals surface area contributed by atoms with E-state index in [1.807, 2.05) is 6.07 Å². The molecule has 2 aromatic rings. The molecule has 0 aliphatic carbocycles. The molecule has 1 aliphatic heterocycles. The number of H-pyrrole nitrogens is 1. The first-order valence-corrected chi connectivity index (χ1v) is 6.56. The van der Waals surface area contributed by atoms with E-state index in [0.717, 1.165) is 25.9 Å². The van der Waals surface area contributed by atoms with Crippen LogP contribution in [0, 0.1) is 11.3 Å². The van der Waals surface area contributed by atoms with Gasteiger partial charge in [0.1, 0.15) is 5.82 Å². The Balaban J connectivity index is 1.67. The summed E-state index contributed by atoms with van der Waals surface area (Å²) in [6.45, 7) is 2.29. The van der Waals surface area contributed by atoms with E-state index in [4.69, 9.17) is 5.26 Å². The molecular formula is C12H15N7O. The average Bonchev–Trinajstić information content (AvgIpc) is 2.83. The fourth-order valence-corrected chi connectivity index (χ4v) is 2.42. The van der Waals surface area contributed by atoms with Crippen LogP contribution in [0.1, 0.15) is 12.8 Å². The molecule has 0 unspecified atom stereocenters. The minimum absolute atomic E-state index is 0.317. The van der Waals surface area contributed by atoms with Gasteiger partial charge in [-0.2, -0.15) is 14.9 Å². The zero-order valence-electron chi connectivity index (χ0n) is 10.9. The van der Waals surface area contributed by atoms with Gasteiger partial charge in [-0.05, 0) is 25.0 Å². The molecule has 0 radical (unpaired) electrons. The highest BCUT2D eigenvalue weighted by Crippen LogP contribution is 2.14. The lowest BCUT2D eigenvalue weighted by Gasteiger charge is -2.30. The largest absolute Gasteiger partial charge is 0.366 e. The standard InChI is InChI=1S/C12H15N7O/c13-5-8-18-6-3-9(4-7-18)14-10-1-2-11-15-16-12(20)19(11)17-10/h1-2,9H,3-4,6-8H2,(H,14,17)(H,16,20). The van der Waals surface area contributed by atoms with Crippen molar-refractivity contribution >= 4 is 11.5 Å². The number of fused-ring (bicyclic) bond motifs is 1. The highest BCUT2D eigenvalue weighted by Gasteiger charge is 2.19. The topological polar surface area (TPSA) is 102 Å². The minimum Gasteiger partial charge on any atom is -0.366 e. The quantitative estimate of drug-likeness (QED) is 0.752. The summed E-state index contributed by atoms with van der Waals surface area (Å²) in [6, 6.07) is 6.05. The van der Waals surface area contributed by atoms with Crippen LogP contribution >= 0.6 is 0 Å². The molecule has 1 fully saturated rings. The van der Waals surface area contributed by atoms with E-state index >= 15 is 0 Å². The van der Waals surface area contributed by atoms with E-state index in [-0.39, 0.29) is 5.69 Å². The lowest BCUT2D eigenvalue weighted by molar-refractivity contribution is 0.242. The molecule has 0 bridgehead atoms. The number of hydrogen-bond acceptors (Lipinski definition) is 6. The third-order valence-corrected chi connectivity index (χ3v) is 3.51. The van der Waals surface area contributed by atoms with Crippen molar-refractivity contribution in [1.82, 2.24) is 24.7 Å². The van der Waals surface area contributed by atoms with Crippen molar-refractivity contribution in [3.63, 3.8) is 0 Å². The number of hydrogen-bond donors (Lipinski definition) is 2. The molecule has 1 saturated heterocycles. The smallest absolute Gasteiger partial charge is 0.364 e. The van der Waals surface area contributed by atoms with E-state index in [9.17, 15) is 4.79 Å². The molecule has 0 saturated carbocycles. The van der Waals surface area contributed by atoms with Crippen molar-refractivity contribution in [2.75, 3.05) is 25.0 Å². The third kappa shape index (κ3) is 2.48. The molecule has 0 spiro atoms. The number of piperidine rings is 1. The number of nitrogens with one attached hydrogen (secondary N) is 2. The molecule has 2 aromatic heterocycles. The highest BCUT2D eigenvalue weighted by atomic mass is 16.2. The van der Waals surface area contributed by atoms with Gasteiger partial charge >= 0.3 is 5.69 Å². The van der Waals surface area contributed by atoms with Gasteiger partial charge in [-0.15, -0.1) is 5.10 Å². The molecule has 0 aromatic carbocycles. The summed E-state index contributed by atoms with van der Waals surface area (Å²) in [6.07, 6.45) is 1.92. The van der Waals surface area contributed by atoms with Gasteiger partial charge in [0.25, 0.3) is 0 Å². The summed E-state index contributed by atoms with van der Waals surface area (Å²) < 4.78 is 1.24. The lowest BCUT2D eigenvalue weighted by Crippen LogP contribution is -2.39. The van der Waals surface area contributed by atoms with Crippen molar-refractivity contribution in [3.8, 4) is 6.07 Å². The Hall–Kier alpha value is -2.40. The van der Waals surface area contributed by atoms with Gasteiger partial charge in [0, 0.05) is 19.1 Å². The zero-order chi connectivity index (χ0) is 13.9. The van der Waals surface area contributed by atoms with E-state index in [1.54, 1.807) is 6.07 Å². The molecule has 20 heavy (non-hydrogen) atoms. The van der Waals surface area contributed by atoms with Crippen molar-refractivity contribution in [3.05, 3.63) is 22.6 Å². The Bertz CT molecular complexity index is 690. The Labute approximate surface area is 115 Å². The second-order valence-electron chi connectivity index (χ2n) is 4.87. The Morgan fingerprint density at radius 2 is 2.25 bits per heavy atom. The molecule has 8 nitrogen and oxygen atoms in total. The minimum atomic E-state index is -0.340. The number of rotatable bonds is 3. The summed E-state index contributed by atoms with van der Waals surface area (Å²) in [7, 11) is 0. The van der Waals surface area contributed by atoms with Crippen LogP contribution in [0.3, 0.4) is 0 Å². The fourth-order valence-electron chi connectivity index (χ4n) is 2.42. The van der Waals surface area contributed by atoms with Crippen molar-refractivity contribution in [2.24, 2.45) is 0 Å². The van der Waals surface area contributed by atoms with Gasteiger partial charge < -0.3 is 5.32 Å². The Morgan fingerprint density at radius 1 is 1.45 bits per heavy atom. The maximum Gasteiger partial charge on any atom is 0.364 e. The molecule has 104 valence electrons. The van der Waals surface area contributed by atoms with Gasteiger partial charge in [-0.25, -0.2) is 9.89 Å². The van der Waals surface area contributed by atoms with E-state index in [0.29, 0.717) is 24.1 Å². The number of aromatic amines is 1. The SMILES string of the molecule is N#CCN1CCC(Nc2ccc3n[nH]c(=O)n3n2)CC1. The van der Waals surface area contributed by atoms with Crippen LogP contribution in [0.25, 0.3) is 5.65 Å². The van der Waals surface area contributed by atoms with Crippen molar-refractivity contribution in [1.29, 1.82) is 5.26 Å². The molecule has 8 heteroatoms. The Kier molecular flexibility index (Phi) is 3.35. The van der Waals surface area contributed by atoms with E-state index < -0.39 is 0 Å². The van der Waals surface area contributed by atoms with Crippen molar-refractivity contribution in [2.45, 2.75) is 18.9 Å². The summed E-state index contributed by atoms with van der Waals surface area (Å²) in [5.74, 6) is 0.666. The number of aromatic nitrogens is 4. The van der Waals surface area contributed by atoms with Gasteiger partial charge in [-0.1, -0.05) is 0 Å².